The zero-order chi connectivity index (χ0) is 18.4. The number of carbonyl (C=O) groups excluding carboxylic acids is 1. The van der Waals surface area contributed by atoms with Gasteiger partial charge in [0.25, 0.3) is 11.6 Å². The van der Waals surface area contributed by atoms with Crippen molar-refractivity contribution in [3.63, 3.8) is 0 Å². The highest BCUT2D eigenvalue weighted by molar-refractivity contribution is 6.32. The fourth-order valence-corrected chi connectivity index (χ4v) is 2.13. The zero-order valence-corrected chi connectivity index (χ0v) is 13.8. The van der Waals surface area contributed by atoms with Crippen LogP contribution in [-0.2, 0) is 4.79 Å². The Morgan fingerprint density at radius 1 is 1.32 bits per heavy atom. The highest BCUT2D eigenvalue weighted by Crippen LogP contribution is 2.26. The maximum Gasteiger partial charge on any atom is 0.288 e. The van der Waals surface area contributed by atoms with Crippen LogP contribution in [0.1, 0.15) is 5.56 Å². The SMILES string of the molecule is COc1ccc(NC(=O)/C(C#N)=C/c2ccc(Cl)c([N+](=O)[O-])c2)cc1. The molecule has 0 atom stereocenters. The van der Waals surface area contributed by atoms with E-state index in [9.17, 15) is 20.2 Å². The molecule has 0 saturated heterocycles. The number of halogens is 1. The molecule has 1 N–H and O–H groups in total. The van der Waals surface area contributed by atoms with Gasteiger partial charge in [-0.05, 0) is 42.0 Å². The van der Waals surface area contributed by atoms with E-state index < -0.39 is 10.8 Å². The third-order valence-electron chi connectivity index (χ3n) is 3.19. The Balaban J connectivity index is 2.24. The van der Waals surface area contributed by atoms with Crippen LogP contribution in [0.2, 0.25) is 5.02 Å². The summed E-state index contributed by atoms with van der Waals surface area (Å²) in [5.41, 5.74) is 0.294. The number of amides is 1. The van der Waals surface area contributed by atoms with E-state index in [1.807, 2.05) is 0 Å². The summed E-state index contributed by atoms with van der Waals surface area (Å²) in [7, 11) is 1.52. The third kappa shape index (κ3) is 4.56. The van der Waals surface area contributed by atoms with E-state index in [1.54, 1.807) is 30.3 Å². The van der Waals surface area contributed by atoms with Gasteiger partial charge in [-0.1, -0.05) is 17.7 Å². The predicted molar refractivity (Wildman–Crippen MR) is 93.3 cm³/mol. The monoisotopic (exact) mass is 357 g/mol. The van der Waals surface area contributed by atoms with Crippen LogP contribution < -0.4 is 10.1 Å². The molecule has 0 radical (unpaired) electrons. The van der Waals surface area contributed by atoms with Gasteiger partial charge < -0.3 is 10.1 Å². The van der Waals surface area contributed by atoms with Crippen LogP contribution in [0.5, 0.6) is 5.75 Å². The van der Waals surface area contributed by atoms with Gasteiger partial charge >= 0.3 is 0 Å². The summed E-state index contributed by atoms with van der Waals surface area (Å²) in [6, 6.07) is 12.4. The Morgan fingerprint density at radius 2 is 2.00 bits per heavy atom. The molecule has 2 aromatic rings. The Bertz CT molecular complexity index is 886. The zero-order valence-electron chi connectivity index (χ0n) is 13.0. The minimum absolute atomic E-state index is 0.0247. The lowest BCUT2D eigenvalue weighted by Crippen LogP contribution is -2.13. The first-order valence-electron chi connectivity index (χ1n) is 6.95. The number of methoxy groups -OCH3 is 1. The average molecular weight is 358 g/mol. The van der Waals surface area contributed by atoms with Gasteiger partial charge in [-0.3, -0.25) is 14.9 Å². The van der Waals surface area contributed by atoms with Crippen molar-refractivity contribution in [2.45, 2.75) is 0 Å². The summed E-state index contributed by atoms with van der Waals surface area (Å²) in [4.78, 5) is 22.5. The van der Waals surface area contributed by atoms with Crippen LogP contribution in [-0.4, -0.2) is 17.9 Å². The highest BCUT2D eigenvalue weighted by atomic mass is 35.5. The van der Waals surface area contributed by atoms with E-state index >= 15 is 0 Å². The van der Waals surface area contributed by atoms with Crippen LogP contribution in [0.15, 0.2) is 48.0 Å². The van der Waals surface area contributed by atoms with Crippen molar-refractivity contribution in [2.24, 2.45) is 0 Å². The summed E-state index contributed by atoms with van der Waals surface area (Å²) in [5.74, 6) is -0.00667. The molecule has 0 aromatic heterocycles. The molecule has 2 aromatic carbocycles. The maximum atomic E-state index is 12.2. The number of nitro groups is 1. The lowest BCUT2D eigenvalue weighted by atomic mass is 10.1. The predicted octanol–water partition coefficient (Wildman–Crippen LogP) is 3.80. The molecule has 25 heavy (non-hydrogen) atoms. The molecule has 0 heterocycles. The van der Waals surface area contributed by atoms with Gasteiger partial charge in [-0.2, -0.15) is 5.26 Å². The van der Waals surface area contributed by atoms with Gasteiger partial charge in [0.05, 0.1) is 12.0 Å². The minimum atomic E-state index is -0.636. The first-order chi connectivity index (χ1) is 11.9. The fourth-order valence-electron chi connectivity index (χ4n) is 1.95. The van der Waals surface area contributed by atoms with Crippen molar-refractivity contribution in [3.8, 4) is 11.8 Å². The van der Waals surface area contributed by atoms with Gasteiger partial charge in [0.1, 0.15) is 22.4 Å². The van der Waals surface area contributed by atoms with Crippen molar-refractivity contribution >= 4 is 35.0 Å². The van der Waals surface area contributed by atoms with Crippen LogP contribution in [0.25, 0.3) is 6.08 Å². The van der Waals surface area contributed by atoms with Crippen molar-refractivity contribution in [1.82, 2.24) is 0 Å². The summed E-state index contributed by atoms with van der Waals surface area (Å²) >= 11 is 5.74. The smallest absolute Gasteiger partial charge is 0.288 e. The summed E-state index contributed by atoms with van der Waals surface area (Å²) in [5, 5.41) is 22.6. The number of nitro benzene ring substituents is 1. The maximum absolute atomic E-state index is 12.2. The topological polar surface area (TPSA) is 105 Å². The molecule has 7 nitrogen and oxygen atoms in total. The molecule has 0 aliphatic carbocycles. The number of hydrogen-bond donors (Lipinski definition) is 1. The second-order valence-electron chi connectivity index (χ2n) is 4.82. The lowest BCUT2D eigenvalue weighted by Gasteiger charge is -2.05. The van der Waals surface area contributed by atoms with Crippen LogP contribution >= 0.6 is 11.6 Å². The van der Waals surface area contributed by atoms with Gasteiger partial charge in [0.15, 0.2) is 0 Å². The second kappa shape index (κ2) is 7.95. The number of rotatable bonds is 5. The van der Waals surface area contributed by atoms with Crippen molar-refractivity contribution in [2.75, 3.05) is 12.4 Å². The van der Waals surface area contributed by atoms with E-state index in [2.05, 4.69) is 5.32 Å². The Hall–Kier alpha value is -3.37. The van der Waals surface area contributed by atoms with E-state index in [-0.39, 0.29) is 16.3 Å². The highest BCUT2D eigenvalue weighted by Gasteiger charge is 2.14. The first-order valence-corrected chi connectivity index (χ1v) is 7.33. The number of nitrogens with zero attached hydrogens (tertiary/aromatic N) is 2. The van der Waals surface area contributed by atoms with Crippen molar-refractivity contribution in [1.29, 1.82) is 5.26 Å². The number of hydrogen-bond acceptors (Lipinski definition) is 5. The molecule has 8 heteroatoms. The average Bonchev–Trinajstić information content (AvgIpc) is 2.61. The number of anilines is 1. The van der Waals surface area contributed by atoms with Crippen LogP contribution in [0.3, 0.4) is 0 Å². The number of ether oxygens (including phenoxy) is 1. The van der Waals surface area contributed by atoms with E-state index in [0.29, 0.717) is 17.0 Å². The van der Waals surface area contributed by atoms with Gasteiger partial charge in [0, 0.05) is 11.8 Å². The fraction of sp³-hybridized carbons (Fsp3) is 0.0588. The molecule has 0 saturated carbocycles. The molecule has 0 fully saturated rings. The normalized spacial score (nSPS) is 10.7. The Morgan fingerprint density at radius 3 is 2.56 bits per heavy atom. The van der Waals surface area contributed by atoms with Crippen LogP contribution in [0, 0.1) is 21.4 Å². The largest absolute Gasteiger partial charge is 0.497 e. The van der Waals surface area contributed by atoms with Crippen molar-refractivity contribution < 1.29 is 14.5 Å². The molecular formula is C17H12ClN3O4. The summed E-state index contributed by atoms with van der Waals surface area (Å²) in [6.45, 7) is 0. The first kappa shape index (κ1) is 18.0. The van der Waals surface area contributed by atoms with E-state index in [1.165, 1.54) is 31.4 Å². The number of nitrogens with one attached hydrogen (secondary N) is 1. The molecule has 1 amide bonds. The summed E-state index contributed by atoms with van der Waals surface area (Å²) in [6.07, 6.45) is 1.25. The van der Waals surface area contributed by atoms with Crippen LogP contribution in [0.4, 0.5) is 11.4 Å². The second-order valence-corrected chi connectivity index (χ2v) is 5.23. The standard InChI is InChI=1S/C17H12ClN3O4/c1-25-14-5-3-13(4-6-14)20-17(22)12(10-19)8-11-2-7-15(18)16(9-11)21(23)24/h2-9H,1H3,(H,20,22)/b12-8+. The van der Waals surface area contributed by atoms with E-state index in [0.717, 1.165) is 0 Å². The minimum Gasteiger partial charge on any atom is -0.497 e. The lowest BCUT2D eigenvalue weighted by molar-refractivity contribution is -0.384. The van der Waals surface area contributed by atoms with Gasteiger partial charge in [-0.25, -0.2) is 0 Å². The van der Waals surface area contributed by atoms with Gasteiger partial charge in [0.2, 0.25) is 0 Å². The van der Waals surface area contributed by atoms with E-state index in [4.69, 9.17) is 16.3 Å². The third-order valence-corrected chi connectivity index (χ3v) is 3.51. The quantitative estimate of drug-likeness (QED) is 0.379. The molecule has 2 rings (SSSR count). The molecule has 0 unspecified atom stereocenters. The molecular weight excluding hydrogens is 346 g/mol. The number of benzene rings is 2. The molecule has 0 aliphatic heterocycles. The summed E-state index contributed by atoms with van der Waals surface area (Å²) < 4.78 is 5.02. The molecule has 0 spiro atoms. The Labute approximate surface area is 148 Å². The van der Waals surface area contributed by atoms with Crippen molar-refractivity contribution in [3.05, 3.63) is 68.7 Å². The Kier molecular flexibility index (Phi) is 5.71. The van der Waals surface area contributed by atoms with Gasteiger partial charge in [-0.15, -0.1) is 0 Å². The number of nitriles is 1. The molecule has 0 bridgehead atoms. The number of carbonyl (C=O) groups is 1. The molecule has 0 aliphatic rings. The molecule has 126 valence electrons.